The number of urea groups is 1. The molecule has 1 aliphatic rings. The second-order valence-electron chi connectivity index (χ2n) is 7.18. The van der Waals surface area contributed by atoms with Crippen LogP contribution in [0.3, 0.4) is 0 Å². The van der Waals surface area contributed by atoms with Gasteiger partial charge in [-0.3, -0.25) is 19.3 Å². The molecule has 0 fully saturated rings. The van der Waals surface area contributed by atoms with Crippen LogP contribution in [0.25, 0.3) is 0 Å². The first-order chi connectivity index (χ1) is 14.3. The average Bonchev–Trinajstić information content (AvgIpc) is 2.96. The van der Waals surface area contributed by atoms with Crippen molar-refractivity contribution in [2.24, 2.45) is 5.73 Å². The number of amides is 5. The molecule has 0 aromatic heterocycles. The molecule has 3 rings (SSSR count). The Kier molecular flexibility index (Phi) is 6.15. The third-order valence-electron chi connectivity index (χ3n) is 4.99. The van der Waals surface area contributed by atoms with Crippen molar-refractivity contribution in [2.45, 2.75) is 32.7 Å². The molecule has 2 aromatic carbocycles. The van der Waals surface area contributed by atoms with Gasteiger partial charge in [0.2, 0.25) is 0 Å². The fraction of sp³-hybridized carbons (Fsp3) is 0.273. The number of hydrogen-bond acceptors (Lipinski definition) is 4. The van der Waals surface area contributed by atoms with Gasteiger partial charge in [0, 0.05) is 17.8 Å². The highest BCUT2D eigenvalue weighted by Gasteiger charge is 2.35. The highest BCUT2D eigenvalue weighted by molar-refractivity contribution is 6.22. The molecular weight excluding hydrogens is 384 g/mol. The fourth-order valence-corrected chi connectivity index (χ4v) is 3.31. The predicted octanol–water partition coefficient (Wildman–Crippen LogP) is 3.06. The number of fused-ring (bicyclic) bond motifs is 1. The van der Waals surface area contributed by atoms with Crippen LogP contribution in [0.4, 0.5) is 10.5 Å². The van der Waals surface area contributed by atoms with Gasteiger partial charge in [0.1, 0.15) is 0 Å². The second kappa shape index (κ2) is 8.77. The van der Waals surface area contributed by atoms with Crippen molar-refractivity contribution < 1.29 is 19.2 Å². The van der Waals surface area contributed by atoms with Crippen LogP contribution in [-0.2, 0) is 0 Å². The molecule has 4 N–H and O–H groups in total. The average molecular weight is 408 g/mol. The zero-order valence-corrected chi connectivity index (χ0v) is 16.9. The highest BCUT2D eigenvalue weighted by Crippen LogP contribution is 2.25. The summed E-state index contributed by atoms with van der Waals surface area (Å²) in [5.74, 6) is -1.02. The Bertz CT molecular complexity index is 1000. The number of unbranched alkanes of at least 4 members (excludes halogenated alkanes) is 1. The van der Waals surface area contributed by atoms with Gasteiger partial charge in [-0.2, -0.15) is 0 Å². The van der Waals surface area contributed by atoms with E-state index in [1.165, 1.54) is 17.0 Å². The summed E-state index contributed by atoms with van der Waals surface area (Å²) in [5, 5.41) is 5.35. The van der Waals surface area contributed by atoms with Crippen LogP contribution in [0.5, 0.6) is 0 Å². The Morgan fingerprint density at radius 3 is 2.33 bits per heavy atom. The minimum atomic E-state index is -0.651. The molecule has 0 aliphatic carbocycles. The number of imide groups is 1. The van der Waals surface area contributed by atoms with E-state index in [0.29, 0.717) is 23.4 Å². The Hall–Kier alpha value is -3.68. The van der Waals surface area contributed by atoms with Crippen LogP contribution in [0, 0.1) is 0 Å². The maximum absolute atomic E-state index is 12.7. The molecule has 0 saturated carbocycles. The molecule has 30 heavy (non-hydrogen) atoms. The molecule has 1 aliphatic heterocycles. The first kappa shape index (κ1) is 21.0. The molecule has 0 spiro atoms. The van der Waals surface area contributed by atoms with E-state index < -0.39 is 6.03 Å². The number of primary amides is 1. The monoisotopic (exact) mass is 408 g/mol. The molecule has 8 heteroatoms. The van der Waals surface area contributed by atoms with E-state index in [1.807, 2.05) is 13.8 Å². The normalized spacial score (nSPS) is 13.7. The maximum Gasteiger partial charge on any atom is 0.316 e. The van der Waals surface area contributed by atoms with E-state index in [0.717, 1.165) is 18.4 Å². The van der Waals surface area contributed by atoms with Gasteiger partial charge in [-0.15, -0.1) is 0 Å². The zero-order valence-electron chi connectivity index (χ0n) is 16.9. The van der Waals surface area contributed by atoms with E-state index in [2.05, 4.69) is 10.6 Å². The molecule has 1 atom stereocenters. The van der Waals surface area contributed by atoms with Gasteiger partial charge in [-0.1, -0.05) is 25.5 Å². The lowest BCUT2D eigenvalue weighted by Gasteiger charge is -2.15. The maximum atomic E-state index is 12.7. The van der Waals surface area contributed by atoms with Gasteiger partial charge in [0.25, 0.3) is 17.7 Å². The number of hydrogen-bond donors (Lipinski definition) is 3. The van der Waals surface area contributed by atoms with E-state index in [9.17, 15) is 19.2 Å². The molecule has 1 heterocycles. The Morgan fingerprint density at radius 2 is 1.70 bits per heavy atom. The number of rotatable bonds is 7. The van der Waals surface area contributed by atoms with Crippen molar-refractivity contribution in [3.8, 4) is 0 Å². The van der Waals surface area contributed by atoms with E-state index >= 15 is 0 Å². The molecular formula is C22H24N4O4. The van der Waals surface area contributed by atoms with Crippen LogP contribution in [-0.4, -0.2) is 35.2 Å². The molecule has 0 bridgehead atoms. The molecule has 156 valence electrons. The largest absolute Gasteiger partial charge is 0.351 e. The van der Waals surface area contributed by atoms with Crippen LogP contribution in [0.1, 0.15) is 69.4 Å². The predicted molar refractivity (Wildman–Crippen MR) is 112 cm³/mol. The molecule has 0 radical (unpaired) electrons. The van der Waals surface area contributed by atoms with E-state index in [-0.39, 0.29) is 29.3 Å². The van der Waals surface area contributed by atoms with Gasteiger partial charge >= 0.3 is 6.03 Å². The lowest BCUT2D eigenvalue weighted by atomic mass is 10.0. The summed E-state index contributed by atoms with van der Waals surface area (Å²) in [6, 6.07) is 10.5. The zero-order chi connectivity index (χ0) is 21.8. The number of carbonyl (C=O) groups excluding carboxylic acids is 4. The second-order valence-corrected chi connectivity index (χ2v) is 7.18. The lowest BCUT2D eigenvalue weighted by molar-refractivity contribution is 0.0652. The van der Waals surface area contributed by atoms with Crippen LogP contribution >= 0.6 is 0 Å². The molecule has 1 unspecified atom stereocenters. The summed E-state index contributed by atoms with van der Waals surface area (Å²) in [6.07, 6.45) is 1.61. The fourth-order valence-electron chi connectivity index (χ4n) is 3.31. The Balaban J connectivity index is 1.71. The van der Waals surface area contributed by atoms with Crippen molar-refractivity contribution in [3.05, 3.63) is 64.7 Å². The van der Waals surface area contributed by atoms with Crippen molar-refractivity contribution in [2.75, 3.05) is 11.9 Å². The summed E-state index contributed by atoms with van der Waals surface area (Å²) >= 11 is 0. The topological polar surface area (TPSA) is 122 Å². The summed E-state index contributed by atoms with van der Waals surface area (Å²) in [6.45, 7) is 4.19. The third kappa shape index (κ3) is 4.32. The summed E-state index contributed by atoms with van der Waals surface area (Å²) < 4.78 is 0. The minimum absolute atomic E-state index is 0.262. The van der Waals surface area contributed by atoms with Gasteiger partial charge in [-0.05, 0) is 49.2 Å². The van der Waals surface area contributed by atoms with Gasteiger partial charge in [-0.25, -0.2) is 4.79 Å². The number of carbonyl (C=O) groups is 4. The van der Waals surface area contributed by atoms with Gasteiger partial charge < -0.3 is 16.4 Å². The van der Waals surface area contributed by atoms with Crippen LogP contribution in [0.2, 0.25) is 0 Å². The van der Waals surface area contributed by atoms with Crippen molar-refractivity contribution in [3.63, 3.8) is 0 Å². The van der Waals surface area contributed by atoms with Crippen LogP contribution in [0.15, 0.2) is 42.5 Å². The quantitative estimate of drug-likeness (QED) is 0.610. The molecule has 0 saturated heterocycles. The van der Waals surface area contributed by atoms with Gasteiger partial charge in [0.15, 0.2) is 0 Å². The van der Waals surface area contributed by atoms with Crippen molar-refractivity contribution in [1.29, 1.82) is 0 Å². The van der Waals surface area contributed by atoms with Gasteiger partial charge in [0.05, 0.1) is 17.2 Å². The smallest absolute Gasteiger partial charge is 0.316 e. The van der Waals surface area contributed by atoms with E-state index in [1.54, 1.807) is 30.3 Å². The van der Waals surface area contributed by atoms with Crippen LogP contribution < -0.4 is 16.4 Å². The number of benzene rings is 2. The minimum Gasteiger partial charge on any atom is -0.351 e. The number of nitrogens with zero attached hydrogens (tertiary/aromatic N) is 1. The highest BCUT2D eigenvalue weighted by atomic mass is 16.2. The Morgan fingerprint density at radius 1 is 1.03 bits per heavy atom. The Labute approximate surface area is 174 Å². The molecule has 8 nitrogen and oxygen atoms in total. The van der Waals surface area contributed by atoms with E-state index in [4.69, 9.17) is 5.73 Å². The first-order valence-corrected chi connectivity index (χ1v) is 9.79. The number of anilines is 1. The number of nitrogens with two attached hydrogens (primary N) is 1. The standard InChI is InChI=1S/C22H24N4O4/c1-3-4-11-26-20(28)17-10-7-15(12-18(17)21(26)29)19(27)24-13(2)14-5-8-16(9-6-14)25-22(23)30/h5-10,12-13H,3-4,11H2,1-2H3,(H,24,27)(H3,23,25,30). The van der Waals surface area contributed by atoms with Crippen molar-refractivity contribution in [1.82, 2.24) is 10.2 Å². The third-order valence-corrected chi connectivity index (χ3v) is 4.99. The number of nitrogens with one attached hydrogen (secondary N) is 2. The molecule has 2 aromatic rings. The summed E-state index contributed by atoms with van der Waals surface area (Å²) in [7, 11) is 0. The SMILES string of the molecule is CCCCN1C(=O)c2ccc(C(=O)NC(C)c3ccc(NC(N)=O)cc3)cc2C1=O. The van der Waals surface area contributed by atoms with Crippen molar-refractivity contribution >= 4 is 29.4 Å². The lowest BCUT2D eigenvalue weighted by Crippen LogP contribution is -2.30. The first-order valence-electron chi connectivity index (χ1n) is 9.79. The summed E-state index contributed by atoms with van der Waals surface area (Å²) in [4.78, 5) is 49.8. The summed E-state index contributed by atoms with van der Waals surface area (Å²) in [5.41, 5.74) is 7.38. The molecule has 5 amide bonds.